The van der Waals surface area contributed by atoms with Gasteiger partial charge in [-0.25, -0.2) is 0 Å². The first kappa shape index (κ1) is 11.4. The molecule has 2 aromatic rings. The molecule has 1 N–H and O–H groups in total. The molecule has 1 aliphatic rings. The van der Waals surface area contributed by atoms with Crippen molar-refractivity contribution in [2.24, 2.45) is 0 Å². The Morgan fingerprint density at radius 1 is 1.39 bits per heavy atom. The Hall–Kier alpha value is -1.68. The van der Waals surface area contributed by atoms with E-state index in [-0.39, 0.29) is 0 Å². The molecule has 0 amide bonds. The highest BCUT2D eigenvalue weighted by atomic mass is 15.2. The molecule has 3 rings (SSSR count). The van der Waals surface area contributed by atoms with E-state index in [0.29, 0.717) is 6.04 Å². The lowest BCUT2D eigenvalue weighted by molar-refractivity contribution is 0.260. The average Bonchev–Trinajstić information content (AvgIpc) is 3.09. The van der Waals surface area contributed by atoms with E-state index in [0.717, 1.165) is 13.0 Å². The number of H-pyrrole nitrogens is 1. The predicted octanol–water partition coefficient (Wildman–Crippen LogP) is 2.18. The highest BCUT2D eigenvalue weighted by Gasteiger charge is 2.25. The highest BCUT2D eigenvalue weighted by Crippen LogP contribution is 2.31. The minimum atomic E-state index is 0.547. The molecule has 1 fully saturated rings. The molecule has 4 nitrogen and oxygen atoms in total. The fourth-order valence-electron chi connectivity index (χ4n) is 2.73. The van der Waals surface area contributed by atoms with Crippen LogP contribution in [0.2, 0.25) is 0 Å². The van der Waals surface area contributed by atoms with Crippen molar-refractivity contribution in [2.75, 3.05) is 13.1 Å². The van der Waals surface area contributed by atoms with E-state index in [1.165, 1.54) is 30.5 Å². The SMILES string of the molecule is c1cncc(C2CCCN2CCc2cn[nH]c2)c1. The molecular formula is C14H18N4. The van der Waals surface area contributed by atoms with Gasteiger partial charge in [-0.3, -0.25) is 15.0 Å². The fraction of sp³-hybridized carbons (Fsp3) is 0.429. The second-order valence-electron chi connectivity index (χ2n) is 4.84. The van der Waals surface area contributed by atoms with Crippen LogP contribution < -0.4 is 0 Å². The van der Waals surface area contributed by atoms with Crippen LogP contribution in [0, 0.1) is 0 Å². The minimum absolute atomic E-state index is 0.547. The molecular weight excluding hydrogens is 224 g/mol. The molecule has 0 radical (unpaired) electrons. The Morgan fingerprint density at radius 2 is 2.39 bits per heavy atom. The molecule has 1 unspecified atom stereocenters. The van der Waals surface area contributed by atoms with Crippen molar-refractivity contribution >= 4 is 0 Å². The van der Waals surface area contributed by atoms with Gasteiger partial charge in [0.05, 0.1) is 6.20 Å². The van der Waals surface area contributed by atoms with Crippen LogP contribution >= 0.6 is 0 Å². The number of nitrogens with one attached hydrogen (secondary N) is 1. The summed E-state index contributed by atoms with van der Waals surface area (Å²) < 4.78 is 0. The number of hydrogen-bond acceptors (Lipinski definition) is 3. The third-order valence-corrected chi connectivity index (χ3v) is 3.68. The Bertz CT molecular complexity index is 466. The molecule has 0 aliphatic carbocycles. The van der Waals surface area contributed by atoms with E-state index in [1.54, 1.807) is 0 Å². The molecule has 18 heavy (non-hydrogen) atoms. The van der Waals surface area contributed by atoms with Gasteiger partial charge >= 0.3 is 0 Å². The van der Waals surface area contributed by atoms with Gasteiger partial charge in [0.2, 0.25) is 0 Å². The number of likely N-dealkylation sites (tertiary alicyclic amines) is 1. The highest BCUT2D eigenvalue weighted by molar-refractivity contribution is 5.15. The van der Waals surface area contributed by atoms with Gasteiger partial charge in [0.15, 0.2) is 0 Å². The van der Waals surface area contributed by atoms with E-state index >= 15 is 0 Å². The van der Waals surface area contributed by atoms with Crippen molar-refractivity contribution in [1.82, 2.24) is 20.1 Å². The van der Waals surface area contributed by atoms with Gasteiger partial charge < -0.3 is 0 Å². The number of aromatic amines is 1. The van der Waals surface area contributed by atoms with Crippen LogP contribution in [-0.4, -0.2) is 33.2 Å². The van der Waals surface area contributed by atoms with Crippen molar-refractivity contribution in [3.05, 3.63) is 48.0 Å². The molecule has 0 spiro atoms. The minimum Gasteiger partial charge on any atom is -0.296 e. The van der Waals surface area contributed by atoms with E-state index in [4.69, 9.17) is 0 Å². The third kappa shape index (κ3) is 2.43. The van der Waals surface area contributed by atoms with Gasteiger partial charge in [-0.05, 0) is 43.0 Å². The number of nitrogens with zero attached hydrogens (tertiary/aromatic N) is 3. The standard InChI is InChI=1S/C14H18N4/c1-3-13(11-15-6-1)14-4-2-7-18(14)8-5-12-9-16-17-10-12/h1,3,6,9-11,14H,2,4-5,7-8H2,(H,16,17). The van der Waals surface area contributed by atoms with Gasteiger partial charge in [0, 0.05) is 31.2 Å². The maximum atomic E-state index is 4.23. The Labute approximate surface area is 107 Å². The van der Waals surface area contributed by atoms with Gasteiger partial charge in [-0.1, -0.05) is 6.07 Å². The van der Waals surface area contributed by atoms with Crippen LogP contribution in [-0.2, 0) is 6.42 Å². The predicted molar refractivity (Wildman–Crippen MR) is 70.1 cm³/mol. The van der Waals surface area contributed by atoms with Crippen LogP contribution in [0.15, 0.2) is 36.9 Å². The molecule has 0 bridgehead atoms. The molecule has 2 aromatic heterocycles. The van der Waals surface area contributed by atoms with Gasteiger partial charge in [0.1, 0.15) is 0 Å². The fourth-order valence-corrected chi connectivity index (χ4v) is 2.73. The summed E-state index contributed by atoms with van der Waals surface area (Å²) >= 11 is 0. The van der Waals surface area contributed by atoms with Crippen molar-refractivity contribution in [3.8, 4) is 0 Å². The Kier molecular flexibility index (Phi) is 3.37. The quantitative estimate of drug-likeness (QED) is 0.893. The van der Waals surface area contributed by atoms with Crippen molar-refractivity contribution in [3.63, 3.8) is 0 Å². The third-order valence-electron chi connectivity index (χ3n) is 3.68. The summed E-state index contributed by atoms with van der Waals surface area (Å²) in [7, 11) is 0. The molecule has 3 heterocycles. The average molecular weight is 242 g/mol. The first-order chi connectivity index (χ1) is 8.93. The summed E-state index contributed by atoms with van der Waals surface area (Å²) in [6.07, 6.45) is 11.3. The summed E-state index contributed by atoms with van der Waals surface area (Å²) in [5.74, 6) is 0. The zero-order valence-electron chi connectivity index (χ0n) is 10.4. The van der Waals surface area contributed by atoms with Crippen LogP contribution in [0.25, 0.3) is 0 Å². The van der Waals surface area contributed by atoms with Gasteiger partial charge in [-0.2, -0.15) is 5.10 Å². The molecule has 0 aromatic carbocycles. The zero-order chi connectivity index (χ0) is 12.2. The summed E-state index contributed by atoms with van der Waals surface area (Å²) in [6.45, 7) is 2.29. The molecule has 4 heteroatoms. The lowest BCUT2D eigenvalue weighted by Gasteiger charge is -2.24. The molecule has 1 atom stereocenters. The second-order valence-corrected chi connectivity index (χ2v) is 4.84. The summed E-state index contributed by atoms with van der Waals surface area (Å²) in [6, 6.07) is 4.76. The largest absolute Gasteiger partial charge is 0.296 e. The van der Waals surface area contributed by atoms with E-state index in [9.17, 15) is 0 Å². The maximum Gasteiger partial charge on any atom is 0.0519 e. The first-order valence-electron chi connectivity index (χ1n) is 6.55. The number of aromatic nitrogens is 3. The monoisotopic (exact) mass is 242 g/mol. The summed E-state index contributed by atoms with van der Waals surface area (Å²) in [5.41, 5.74) is 2.63. The van der Waals surface area contributed by atoms with Crippen LogP contribution in [0.5, 0.6) is 0 Å². The Balaban J connectivity index is 1.65. The maximum absolute atomic E-state index is 4.23. The van der Waals surface area contributed by atoms with Crippen LogP contribution in [0.3, 0.4) is 0 Å². The Morgan fingerprint density at radius 3 is 3.17 bits per heavy atom. The van der Waals surface area contributed by atoms with E-state index in [1.807, 2.05) is 30.9 Å². The van der Waals surface area contributed by atoms with Gasteiger partial charge in [-0.15, -0.1) is 0 Å². The van der Waals surface area contributed by atoms with Crippen molar-refractivity contribution in [2.45, 2.75) is 25.3 Å². The van der Waals surface area contributed by atoms with Crippen LogP contribution in [0.1, 0.15) is 30.0 Å². The zero-order valence-corrected chi connectivity index (χ0v) is 10.4. The lowest BCUT2D eigenvalue weighted by atomic mass is 10.1. The van der Waals surface area contributed by atoms with E-state index < -0.39 is 0 Å². The molecule has 1 saturated heterocycles. The topological polar surface area (TPSA) is 44.8 Å². The summed E-state index contributed by atoms with van der Waals surface area (Å²) in [4.78, 5) is 6.79. The van der Waals surface area contributed by atoms with E-state index in [2.05, 4.69) is 26.1 Å². The molecule has 0 saturated carbocycles. The number of hydrogen-bond donors (Lipinski definition) is 1. The van der Waals surface area contributed by atoms with Crippen LogP contribution in [0.4, 0.5) is 0 Å². The number of pyridine rings is 1. The van der Waals surface area contributed by atoms with Crippen molar-refractivity contribution in [1.29, 1.82) is 0 Å². The summed E-state index contributed by atoms with van der Waals surface area (Å²) in [5, 5.41) is 6.86. The van der Waals surface area contributed by atoms with Crippen molar-refractivity contribution < 1.29 is 0 Å². The molecule has 1 aliphatic heterocycles. The van der Waals surface area contributed by atoms with Gasteiger partial charge in [0.25, 0.3) is 0 Å². The molecule has 94 valence electrons. The smallest absolute Gasteiger partial charge is 0.0519 e. The lowest BCUT2D eigenvalue weighted by Crippen LogP contribution is -2.25. The number of rotatable bonds is 4. The first-order valence-corrected chi connectivity index (χ1v) is 6.55. The normalized spacial score (nSPS) is 20.3. The second kappa shape index (κ2) is 5.31.